The Labute approximate surface area is 160 Å². The quantitative estimate of drug-likeness (QED) is 0.443. The highest BCUT2D eigenvalue weighted by Gasteiger charge is 2.09. The molecular formula is C19H19BrN2O4. The molecule has 2 aromatic carbocycles. The van der Waals surface area contributed by atoms with Crippen LogP contribution in [0.4, 0.5) is 0 Å². The van der Waals surface area contributed by atoms with Gasteiger partial charge >= 0.3 is 5.97 Å². The van der Waals surface area contributed by atoms with Gasteiger partial charge in [-0.25, -0.2) is 10.2 Å². The van der Waals surface area contributed by atoms with Crippen molar-refractivity contribution in [3.63, 3.8) is 0 Å². The predicted octanol–water partition coefficient (Wildman–Crippen LogP) is 3.38. The highest BCUT2D eigenvalue weighted by Crippen LogP contribution is 2.30. The van der Waals surface area contributed by atoms with Crippen LogP contribution in [0.15, 0.2) is 46.0 Å². The number of benzene rings is 2. The smallest absolute Gasteiger partial charge is 0.337 e. The number of hydrazone groups is 1. The van der Waals surface area contributed by atoms with Crippen LogP contribution in [0.5, 0.6) is 5.75 Å². The summed E-state index contributed by atoms with van der Waals surface area (Å²) in [6, 6.07) is 10.5. The van der Waals surface area contributed by atoms with Crippen molar-refractivity contribution in [2.45, 2.75) is 13.8 Å². The number of nitrogens with one attached hydrogen (secondary N) is 1. The van der Waals surface area contributed by atoms with Crippen LogP contribution in [-0.2, 0) is 9.53 Å². The molecule has 0 atom stereocenters. The summed E-state index contributed by atoms with van der Waals surface area (Å²) in [7, 11) is 1.33. The highest BCUT2D eigenvalue weighted by atomic mass is 79.9. The van der Waals surface area contributed by atoms with E-state index >= 15 is 0 Å². The van der Waals surface area contributed by atoms with Gasteiger partial charge in [0.1, 0.15) is 5.75 Å². The van der Waals surface area contributed by atoms with E-state index in [1.54, 1.807) is 24.3 Å². The lowest BCUT2D eigenvalue weighted by Gasteiger charge is -2.11. The molecule has 2 aromatic rings. The van der Waals surface area contributed by atoms with Gasteiger partial charge in [0, 0.05) is 0 Å². The maximum atomic E-state index is 11.9. The fraction of sp³-hybridized carbons (Fsp3) is 0.211. The predicted molar refractivity (Wildman–Crippen MR) is 103 cm³/mol. The van der Waals surface area contributed by atoms with Crippen LogP contribution >= 0.6 is 15.9 Å². The molecule has 0 saturated heterocycles. The van der Waals surface area contributed by atoms with Gasteiger partial charge in [0.15, 0.2) is 6.61 Å². The van der Waals surface area contributed by atoms with Crippen molar-refractivity contribution < 1.29 is 19.1 Å². The Kier molecular flexibility index (Phi) is 6.91. The number of esters is 1. The minimum Gasteiger partial charge on any atom is -0.482 e. The van der Waals surface area contributed by atoms with Crippen molar-refractivity contribution in [2.24, 2.45) is 5.10 Å². The zero-order valence-electron chi connectivity index (χ0n) is 14.7. The van der Waals surface area contributed by atoms with E-state index in [0.717, 1.165) is 21.2 Å². The molecule has 0 spiro atoms. The number of hydrogen-bond donors (Lipinski definition) is 1. The third kappa shape index (κ3) is 5.42. The summed E-state index contributed by atoms with van der Waals surface area (Å²) < 4.78 is 11.0. The molecular weight excluding hydrogens is 400 g/mol. The number of carbonyl (C=O) groups excluding carboxylic acids is 2. The fourth-order valence-corrected chi connectivity index (χ4v) is 3.05. The molecule has 0 unspecified atom stereocenters. The second kappa shape index (κ2) is 9.15. The molecule has 136 valence electrons. The Bertz CT molecular complexity index is 809. The molecule has 1 amide bonds. The number of hydrogen-bond acceptors (Lipinski definition) is 5. The van der Waals surface area contributed by atoms with Crippen molar-refractivity contribution >= 4 is 34.0 Å². The van der Waals surface area contributed by atoms with Gasteiger partial charge in [-0.3, -0.25) is 4.79 Å². The van der Waals surface area contributed by atoms with E-state index in [4.69, 9.17) is 4.74 Å². The van der Waals surface area contributed by atoms with E-state index in [0.29, 0.717) is 11.3 Å². The SMILES string of the molecule is COC(=O)c1ccc(/C=N/NC(=O)COc2c(C)cc(C)cc2Br)cc1. The van der Waals surface area contributed by atoms with E-state index < -0.39 is 5.97 Å². The average molecular weight is 419 g/mol. The minimum atomic E-state index is -0.406. The lowest BCUT2D eigenvalue weighted by molar-refractivity contribution is -0.123. The Morgan fingerprint density at radius 2 is 1.88 bits per heavy atom. The third-order valence-electron chi connectivity index (χ3n) is 3.46. The Balaban J connectivity index is 1.87. The van der Waals surface area contributed by atoms with Crippen molar-refractivity contribution in [2.75, 3.05) is 13.7 Å². The average Bonchev–Trinajstić information content (AvgIpc) is 2.60. The number of aryl methyl sites for hydroxylation is 2. The maximum absolute atomic E-state index is 11.9. The summed E-state index contributed by atoms with van der Waals surface area (Å²) in [4.78, 5) is 23.2. The van der Waals surface area contributed by atoms with Gasteiger partial charge in [0.25, 0.3) is 5.91 Å². The molecule has 0 saturated carbocycles. The molecule has 0 aromatic heterocycles. The number of amides is 1. The van der Waals surface area contributed by atoms with Crippen molar-refractivity contribution in [1.29, 1.82) is 0 Å². The summed E-state index contributed by atoms with van der Waals surface area (Å²) in [6.07, 6.45) is 1.48. The molecule has 2 rings (SSSR count). The number of nitrogens with zero attached hydrogens (tertiary/aromatic N) is 1. The van der Waals surface area contributed by atoms with E-state index in [1.807, 2.05) is 26.0 Å². The first-order valence-electron chi connectivity index (χ1n) is 7.80. The van der Waals surface area contributed by atoms with Gasteiger partial charge in [-0.2, -0.15) is 5.10 Å². The zero-order valence-corrected chi connectivity index (χ0v) is 16.3. The van der Waals surface area contributed by atoms with Crippen molar-refractivity contribution in [3.8, 4) is 5.75 Å². The van der Waals surface area contributed by atoms with Gasteiger partial charge in [-0.05, 0) is 64.7 Å². The largest absolute Gasteiger partial charge is 0.482 e. The van der Waals surface area contributed by atoms with E-state index in [-0.39, 0.29) is 12.5 Å². The van der Waals surface area contributed by atoms with Gasteiger partial charge < -0.3 is 9.47 Å². The Morgan fingerprint density at radius 1 is 1.19 bits per heavy atom. The molecule has 6 nitrogen and oxygen atoms in total. The molecule has 0 bridgehead atoms. The zero-order chi connectivity index (χ0) is 19.1. The summed E-state index contributed by atoms with van der Waals surface area (Å²) in [5.41, 5.74) is 5.63. The van der Waals surface area contributed by atoms with Crippen LogP contribution in [0, 0.1) is 13.8 Å². The molecule has 1 N–H and O–H groups in total. The minimum absolute atomic E-state index is 0.152. The van der Waals surface area contributed by atoms with Gasteiger partial charge in [0.05, 0.1) is 23.4 Å². The van der Waals surface area contributed by atoms with Gasteiger partial charge in [0.2, 0.25) is 0 Å². The summed E-state index contributed by atoms with van der Waals surface area (Å²) >= 11 is 3.43. The standard InChI is InChI=1S/C19H19BrN2O4/c1-12-8-13(2)18(16(20)9-12)26-11-17(23)22-21-10-14-4-6-15(7-5-14)19(24)25-3/h4-10H,11H2,1-3H3,(H,22,23)/b21-10+. The number of carbonyl (C=O) groups is 2. The molecule has 0 aliphatic rings. The van der Waals surface area contributed by atoms with Crippen LogP contribution in [0.25, 0.3) is 0 Å². The lowest BCUT2D eigenvalue weighted by atomic mass is 10.1. The lowest BCUT2D eigenvalue weighted by Crippen LogP contribution is -2.24. The Morgan fingerprint density at radius 3 is 2.50 bits per heavy atom. The summed E-state index contributed by atoms with van der Waals surface area (Å²) in [6.45, 7) is 3.75. The van der Waals surface area contributed by atoms with Crippen LogP contribution in [0.2, 0.25) is 0 Å². The molecule has 0 aliphatic heterocycles. The van der Waals surface area contributed by atoms with Crippen LogP contribution in [0.3, 0.4) is 0 Å². The van der Waals surface area contributed by atoms with Gasteiger partial charge in [-0.15, -0.1) is 0 Å². The molecule has 7 heteroatoms. The van der Waals surface area contributed by atoms with Crippen molar-refractivity contribution in [1.82, 2.24) is 5.43 Å². The van der Waals surface area contributed by atoms with Crippen LogP contribution in [0.1, 0.15) is 27.0 Å². The molecule has 0 radical (unpaired) electrons. The molecule has 0 heterocycles. The summed E-state index contributed by atoms with van der Waals surface area (Å²) in [5, 5.41) is 3.88. The first-order valence-corrected chi connectivity index (χ1v) is 8.60. The normalized spacial score (nSPS) is 10.6. The molecule has 0 aliphatic carbocycles. The topological polar surface area (TPSA) is 77.0 Å². The van der Waals surface area contributed by atoms with Crippen LogP contribution < -0.4 is 10.2 Å². The first kappa shape index (κ1) is 19.7. The number of rotatable bonds is 6. The van der Waals surface area contributed by atoms with Gasteiger partial charge in [-0.1, -0.05) is 18.2 Å². The number of ether oxygens (including phenoxy) is 2. The first-order chi connectivity index (χ1) is 12.4. The monoisotopic (exact) mass is 418 g/mol. The highest BCUT2D eigenvalue weighted by molar-refractivity contribution is 9.10. The van der Waals surface area contributed by atoms with E-state index in [9.17, 15) is 9.59 Å². The maximum Gasteiger partial charge on any atom is 0.337 e. The molecule has 26 heavy (non-hydrogen) atoms. The third-order valence-corrected chi connectivity index (χ3v) is 4.04. The second-order valence-corrected chi connectivity index (χ2v) is 6.44. The number of halogens is 1. The summed E-state index contributed by atoms with van der Waals surface area (Å²) in [5.74, 6) is -0.149. The van der Waals surface area contributed by atoms with E-state index in [2.05, 4.69) is 31.2 Å². The second-order valence-electron chi connectivity index (χ2n) is 5.59. The van der Waals surface area contributed by atoms with E-state index in [1.165, 1.54) is 13.3 Å². The molecule has 0 fully saturated rings. The Hall–Kier alpha value is -2.67. The van der Waals surface area contributed by atoms with Crippen molar-refractivity contribution in [3.05, 3.63) is 63.1 Å². The van der Waals surface area contributed by atoms with Crippen LogP contribution in [-0.4, -0.2) is 31.8 Å². The fourth-order valence-electron chi connectivity index (χ4n) is 2.26. The number of methoxy groups -OCH3 is 1.